The first-order valence-electron chi connectivity index (χ1n) is 3.37. The summed E-state index contributed by atoms with van der Waals surface area (Å²) in [5.41, 5.74) is 0.207. The molecule has 0 fully saturated rings. The molecule has 0 atom stereocenters. The number of carbonyl (C=O) groups is 1. The molecule has 0 bridgehead atoms. The number of hydrogen-bond donors (Lipinski definition) is 3. The number of nitrogens with one attached hydrogen (secondary N) is 2. The summed E-state index contributed by atoms with van der Waals surface area (Å²) in [6.07, 6.45) is 0.390. The smallest absolute Gasteiger partial charge is 0.331 e. The molecule has 0 aliphatic heterocycles. The van der Waals surface area contributed by atoms with E-state index < -0.39 is 5.97 Å². The van der Waals surface area contributed by atoms with E-state index in [0.29, 0.717) is 6.42 Å². The zero-order valence-corrected chi connectivity index (χ0v) is 6.85. The van der Waals surface area contributed by atoms with Gasteiger partial charge in [-0.3, -0.25) is 0 Å². The lowest BCUT2D eigenvalue weighted by Gasteiger charge is -2.14. The fourth-order valence-corrected chi connectivity index (χ4v) is 0.682. The van der Waals surface area contributed by atoms with Crippen LogP contribution in [-0.2, 0) is 4.79 Å². The summed E-state index contributed by atoms with van der Waals surface area (Å²) in [6.45, 7) is 3.41. The molecule has 0 amide bonds. The van der Waals surface area contributed by atoms with Crippen molar-refractivity contribution in [2.24, 2.45) is 0 Å². The van der Waals surface area contributed by atoms with E-state index in [-0.39, 0.29) is 11.7 Å². The van der Waals surface area contributed by atoms with Gasteiger partial charge in [0, 0.05) is 12.0 Å². The van der Waals surface area contributed by atoms with E-state index in [1.807, 2.05) is 0 Å². The van der Waals surface area contributed by atoms with Gasteiger partial charge in [-0.2, -0.15) is 0 Å². The van der Waals surface area contributed by atoms with Gasteiger partial charge in [-0.25, -0.2) is 4.79 Å². The molecule has 64 valence electrons. The molecule has 0 aromatic carbocycles. The van der Waals surface area contributed by atoms with Gasteiger partial charge >= 0.3 is 5.97 Å². The lowest BCUT2D eigenvalue weighted by molar-refractivity contribution is -0.132. The zero-order chi connectivity index (χ0) is 8.85. The van der Waals surface area contributed by atoms with E-state index in [9.17, 15) is 4.79 Å². The van der Waals surface area contributed by atoms with Crippen molar-refractivity contribution < 1.29 is 9.90 Å². The third-order valence-electron chi connectivity index (χ3n) is 1.45. The number of carboxylic acids is 1. The number of aliphatic carboxylic acids is 1. The van der Waals surface area contributed by atoms with Crippen molar-refractivity contribution in [2.45, 2.75) is 12.6 Å². The fourth-order valence-electron chi connectivity index (χ4n) is 0.682. The number of hydrogen-bond acceptors (Lipinski definition) is 3. The Labute approximate surface area is 66.3 Å². The summed E-state index contributed by atoms with van der Waals surface area (Å²) in [5.74, 6) is -0.944. The molecular formula is C7H14N2O2. The van der Waals surface area contributed by atoms with Gasteiger partial charge in [0.1, 0.15) is 0 Å². The van der Waals surface area contributed by atoms with Gasteiger partial charge in [0.05, 0.1) is 6.17 Å². The summed E-state index contributed by atoms with van der Waals surface area (Å²) in [6, 6.07) is 0. The largest absolute Gasteiger partial charge is 0.478 e. The molecule has 4 heteroatoms. The molecule has 0 spiro atoms. The van der Waals surface area contributed by atoms with Crippen molar-refractivity contribution in [3.8, 4) is 0 Å². The van der Waals surface area contributed by atoms with Crippen LogP contribution < -0.4 is 10.6 Å². The first-order valence-corrected chi connectivity index (χ1v) is 3.37. The summed E-state index contributed by atoms with van der Waals surface area (Å²) in [4.78, 5) is 10.3. The predicted octanol–water partition coefficient (Wildman–Crippen LogP) is -0.218. The molecule has 0 radical (unpaired) electrons. The molecule has 0 saturated carbocycles. The van der Waals surface area contributed by atoms with Gasteiger partial charge in [-0.1, -0.05) is 6.58 Å². The van der Waals surface area contributed by atoms with E-state index in [0.717, 1.165) is 0 Å². The van der Waals surface area contributed by atoms with Crippen molar-refractivity contribution in [1.82, 2.24) is 10.6 Å². The van der Waals surface area contributed by atoms with E-state index in [1.54, 1.807) is 14.1 Å². The minimum Gasteiger partial charge on any atom is -0.478 e. The van der Waals surface area contributed by atoms with Gasteiger partial charge in [-0.05, 0) is 14.1 Å². The maximum atomic E-state index is 10.3. The Morgan fingerprint density at radius 2 is 2.00 bits per heavy atom. The average Bonchev–Trinajstić information content (AvgIpc) is 1.99. The molecule has 0 aromatic heterocycles. The number of carboxylic acid groups (broad SMARTS) is 1. The van der Waals surface area contributed by atoms with Crippen LogP contribution in [0.3, 0.4) is 0 Å². The van der Waals surface area contributed by atoms with Crippen LogP contribution in [0.4, 0.5) is 0 Å². The van der Waals surface area contributed by atoms with E-state index in [4.69, 9.17) is 5.11 Å². The second-order valence-electron chi connectivity index (χ2n) is 2.24. The van der Waals surface area contributed by atoms with Crippen molar-refractivity contribution in [2.75, 3.05) is 14.1 Å². The Morgan fingerprint density at radius 3 is 2.27 bits per heavy atom. The highest BCUT2D eigenvalue weighted by Gasteiger charge is 2.09. The zero-order valence-electron chi connectivity index (χ0n) is 6.85. The lowest BCUT2D eigenvalue weighted by Crippen LogP contribution is -2.38. The second kappa shape index (κ2) is 4.87. The highest BCUT2D eigenvalue weighted by molar-refractivity contribution is 5.85. The van der Waals surface area contributed by atoms with Crippen LogP contribution in [-0.4, -0.2) is 31.3 Å². The lowest BCUT2D eigenvalue weighted by atomic mass is 10.2. The number of rotatable bonds is 5. The molecule has 11 heavy (non-hydrogen) atoms. The van der Waals surface area contributed by atoms with Gasteiger partial charge in [0.25, 0.3) is 0 Å². The van der Waals surface area contributed by atoms with E-state index in [2.05, 4.69) is 17.2 Å². The van der Waals surface area contributed by atoms with Gasteiger partial charge in [-0.15, -0.1) is 0 Å². The molecule has 0 aliphatic rings. The van der Waals surface area contributed by atoms with Crippen LogP contribution in [0.5, 0.6) is 0 Å². The highest BCUT2D eigenvalue weighted by atomic mass is 16.4. The van der Waals surface area contributed by atoms with Gasteiger partial charge in [0.15, 0.2) is 0 Å². The summed E-state index contributed by atoms with van der Waals surface area (Å²) >= 11 is 0. The third-order valence-corrected chi connectivity index (χ3v) is 1.45. The Bertz CT molecular complexity index is 153. The molecule has 4 nitrogen and oxygen atoms in total. The fraction of sp³-hybridized carbons (Fsp3) is 0.571. The molecule has 0 aliphatic carbocycles. The Balaban J connectivity index is 3.81. The Morgan fingerprint density at radius 1 is 1.55 bits per heavy atom. The van der Waals surface area contributed by atoms with E-state index in [1.165, 1.54) is 0 Å². The monoisotopic (exact) mass is 158 g/mol. The summed E-state index contributed by atoms with van der Waals surface area (Å²) < 4.78 is 0. The first-order chi connectivity index (χ1) is 5.11. The maximum Gasteiger partial charge on any atom is 0.331 e. The van der Waals surface area contributed by atoms with Gasteiger partial charge in [0.2, 0.25) is 0 Å². The van der Waals surface area contributed by atoms with Crippen molar-refractivity contribution in [3.05, 3.63) is 12.2 Å². The van der Waals surface area contributed by atoms with Gasteiger partial charge < -0.3 is 15.7 Å². The van der Waals surface area contributed by atoms with Crippen molar-refractivity contribution >= 4 is 5.97 Å². The molecule has 3 N–H and O–H groups in total. The van der Waals surface area contributed by atoms with E-state index >= 15 is 0 Å². The molecule has 0 rings (SSSR count). The topological polar surface area (TPSA) is 61.4 Å². The van der Waals surface area contributed by atoms with Crippen molar-refractivity contribution in [3.63, 3.8) is 0 Å². The second-order valence-corrected chi connectivity index (χ2v) is 2.24. The summed E-state index contributed by atoms with van der Waals surface area (Å²) in [7, 11) is 3.52. The average molecular weight is 158 g/mol. The molecule has 0 aromatic rings. The van der Waals surface area contributed by atoms with Crippen LogP contribution in [0.15, 0.2) is 12.2 Å². The highest BCUT2D eigenvalue weighted by Crippen LogP contribution is 1.99. The van der Waals surface area contributed by atoms with Crippen LogP contribution in [0.1, 0.15) is 6.42 Å². The molecule has 0 unspecified atom stereocenters. The molecule has 0 heterocycles. The normalized spacial score (nSPS) is 10.1. The third kappa shape index (κ3) is 3.75. The van der Waals surface area contributed by atoms with Crippen molar-refractivity contribution in [1.29, 1.82) is 0 Å². The Kier molecular flexibility index (Phi) is 4.49. The summed E-state index contributed by atoms with van der Waals surface area (Å²) in [5, 5.41) is 14.3. The molecular weight excluding hydrogens is 144 g/mol. The Hall–Kier alpha value is -0.870. The maximum absolute atomic E-state index is 10.3. The van der Waals surface area contributed by atoms with Crippen LogP contribution in [0.25, 0.3) is 0 Å². The first kappa shape index (κ1) is 10.1. The minimum absolute atomic E-state index is 0.0152. The van der Waals surface area contributed by atoms with Crippen LogP contribution in [0.2, 0.25) is 0 Å². The minimum atomic E-state index is -0.944. The standard InChI is InChI=1S/C7H14N2O2/c1-5(7(10)11)4-6(8-2)9-3/h6,8-9H,1,4H2,2-3H3,(H,10,11). The molecule has 0 saturated heterocycles. The predicted molar refractivity (Wildman–Crippen MR) is 43.3 cm³/mol. The SMILES string of the molecule is C=C(CC(NC)NC)C(=O)O. The quantitative estimate of drug-likeness (QED) is 0.382. The van der Waals surface area contributed by atoms with Crippen LogP contribution in [0, 0.1) is 0 Å². The van der Waals surface area contributed by atoms with Crippen LogP contribution >= 0.6 is 0 Å².